The number of carbonyl (C=O) groups is 1. The highest BCUT2D eigenvalue weighted by Gasteiger charge is 2.14. The number of benzene rings is 3. The van der Waals surface area contributed by atoms with Crippen molar-refractivity contribution in [3.8, 4) is 17.0 Å². The number of aromatic amines is 1. The average Bonchev–Trinajstić information content (AvgIpc) is 3.11. The Kier molecular flexibility index (Phi) is 5.11. The van der Waals surface area contributed by atoms with E-state index < -0.39 is 0 Å². The summed E-state index contributed by atoms with van der Waals surface area (Å²) in [6, 6.07) is 25.7. The molecule has 0 saturated heterocycles. The Morgan fingerprint density at radius 2 is 1.64 bits per heavy atom. The molecule has 0 aliphatic heterocycles. The number of carbonyl (C=O) groups excluding carboxylic acids is 1. The quantitative estimate of drug-likeness (QED) is 0.476. The molecule has 4 aromatic rings. The van der Waals surface area contributed by atoms with Gasteiger partial charge < -0.3 is 15.0 Å². The number of fused-ring (bicyclic) bond motifs is 1. The Morgan fingerprint density at radius 1 is 0.929 bits per heavy atom. The summed E-state index contributed by atoms with van der Waals surface area (Å²) >= 11 is 0. The van der Waals surface area contributed by atoms with Gasteiger partial charge in [-0.05, 0) is 60.0 Å². The molecule has 2 N–H and O–H groups in total. The van der Waals surface area contributed by atoms with Crippen molar-refractivity contribution in [3.63, 3.8) is 0 Å². The van der Waals surface area contributed by atoms with Gasteiger partial charge in [0.25, 0.3) is 0 Å². The van der Waals surface area contributed by atoms with Crippen LogP contribution in [0.15, 0.2) is 78.9 Å². The van der Waals surface area contributed by atoms with Crippen LogP contribution in [-0.4, -0.2) is 18.0 Å². The third-order valence-electron chi connectivity index (χ3n) is 4.85. The van der Waals surface area contributed by atoms with E-state index in [4.69, 9.17) is 4.74 Å². The fourth-order valence-corrected chi connectivity index (χ4v) is 3.45. The van der Waals surface area contributed by atoms with E-state index in [1.165, 1.54) is 0 Å². The minimum atomic E-state index is 0.0113. The molecule has 1 amide bonds. The van der Waals surface area contributed by atoms with Gasteiger partial charge in [-0.2, -0.15) is 0 Å². The summed E-state index contributed by atoms with van der Waals surface area (Å²) in [5, 5.41) is 4.11. The second kappa shape index (κ2) is 8.01. The van der Waals surface area contributed by atoms with Crippen LogP contribution in [0.1, 0.15) is 12.0 Å². The van der Waals surface area contributed by atoms with Gasteiger partial charge >= 0.3 is 0 Å². The van der Waals surface area contributed by atoms with Crippen LogP contribution in [0, 0.1) is 0 Å². The SMILES string of the molecule is COc1ccc(-c2[nH]c3ccccc3c2CCC(=O)Nc2ccccc2)cc1. The topological polar surface area (TPSA) is 54.1 Å². The molecule has 3 aromatic carbocycles. The van der Waals surface area contributed by atoms with E-state index in [1.54, 1.807) is 7.11 Å². The zero-order chi connectivity index (χ0) is 19.3. The summed E-state index contributed by atoms with van der Waals surface area (Å²) in [6.07, 6.45) is 1.07. The summed E-state index contributed by atoms with van der Waals surface area (Å²) in [7, 11) is 1.66. The lowest BCUT2D eigenvalue weighted by Crippen LogP contribution is -2.12. The Balaban J connectivity index is 1.60. The number of para-hydroxylation sites is 2. The second-order valence-electron chi connectivity index (χ2n) is 6.67. The van der Waals surface area contributed by atoms with E-state index in [0.717, 1.165) is 39.2 Å². The van der Waals surface area contributed by atoms with Crippen LogP contribution >= 0.6 is 0 Å². The van der Waals surface area contributed by atoms with Gasteiger partial charge in [0, 0.05) is 28.7 Å². The number of aromatic nitrogens is 1. The van der Waals surface area contributed by atoms with Gasteiger partial charge in [-0.25, -0.2) is 0 Å². The highest BCUT2D eigenvalue weighted by molar-refractivity contribution is 5.93. The molecular formula is C24H22N2O2. The van der Waals surface area contributed by atoms with E-state index in [-0.39, 0.29) is 5.91 Å². The smallest absolute Gasteiger partial charge is 0.224 e. The number of nitrogens with one attached hydrogen (secondary N) is 2. The van der Waals surface area contributed by atoms with Gasteiger partial charge in [-0.3, -0.25) is 4.79 Å². The molecule has 0 atom stereocenters. The maximum Gasteiger partial charge on any atom is 0.224 e. The summed E-state index contributed by atoms with van der Waals surface area (Å²) < 4.78 is 5.27. The fourth-order valence-electron chi connectivity index (χ4n) is 3.45. The van der Waals surface area contributed by atoms with Crippen LogP contribution in [-0.2, 0) is 11.2 Å². The van der Waals surface area contributed by atoms with Crippen LogP contribution in [0.4, 0.5) is 5.69 Å². The van der Waals surface area contributed by atoms with Crippen LogP contribution in [0.2, 0.25) is 0 Å². The maximum atomic E-state index is 12.4. The maximum absolute atomic E-state index is 12.4. The molecule has 28 heavy (non-hydrogen) atoms. The predicted molar refractivity (Wildman–Crippen MR) is 114 cm³/mol. The molecule has 0 aliphatic rings. The number of ether oxygens (including phenoxy) is 1. The molecular weight excluding hydrogens is 348 g/mol. The summed E-state index contributed by atoms with van der Waals surface area (Å²) in [5.41, 5.74) is 5.18. The van der Waals surface area contributed by atoms with E-state index in [2.05, 4.69) is 22.4 Å². The second-order valence-corrected chi connectivity index (χ2v) is 6.67. The number of methoxy groups -OCH3 is 1. The molecule has 4 heteroatoms. The van der Waals surface area contributed by atoms with Gasteiger partial charge in [0.2, 0.25) is 5.91 Å². The molecule has 0 aliphatic carbocycles. The number of anilines is 1. The van der Waals surface area contributed by atoms with Crippen molar-refractivity contribution in [2.75, 3.05) is 12.4 Å². The van der Waals surface area contributed by atoms with Crippen LogP contribution in [0.3, 0.4) is 0 Å². The Morgan fingerprint density at radius 3 is 2.39 bits per heavy atom. The van der Waals surface area contributed by atoms with Crippen molar-refractivity contribution in [1.29, 1.82) is 0 Å². The number of rotatable bonds is 6. The highest BCUT2D eigenvalue weighted by Crippen LogP contribution is 2.32. The zero-order valence-electron chi connectivity index (χ0n) is 15.7. The summed E-state index contributed by atoms with van der Waals surface area (Å²) in [4.78, 5) is 16.0. The molecule has 0 bridgehead atoms. The predicted octanol–water partition coefficient (Wildman–Crippen LogP) is 5.41. The molecule has 0 unspecified atom stereocenters. The molecule has 0 fully saturated rings. The van der Waals surface area contributed by atoms with Gasteiger partial charge in [0.15, 0.2) is 0 Å². The molecule has 0 spiro atoms. The normalized spacial score (nSPS) is 10.8. The van der Waals surface area contributed by atoms with Crippen molar-refractivity contribution >= 4 is 22.5 Å². The van der Waals surface area contributed by atoms with Crippen LogP contribution in [0.25, 0.3) is 22.2 Å². The van der Waals surface area contributed by atoms with Crippen molar-refractivity contribution < 1.29 is 9.53 Å². The monoisotopic (exact) mass is 370 g/mol. The van der Waals surface area contributed by atoms with E-state index in [9.17, 15) is 4.79 Å². The number of hydrogen-bond acceptors (Lipinski definition) is 2. The first-order valence-electron chi connectivity index (χ1n) is 9.33. The fraction of sp³-hybridized carbons (Fsp3) is 0.125. The van der Waals surface area contributed by atoms with Crippen LogP contribution in [0.5, 0.6) is 5.75 Å². The summed E-state index contributed by atoms with van der Waals surface area (Å²) in [6.45, 7) is 0. The van der Waals surface area contributed by atoms with Gasteiger partial charge in [-0.1, -0.05) is 36.4 Å². The van der Waals surface area contributed by atoms with Crippen LogP contribution < -0.4 is 10.1 Å². The van der Waals surface area contributed by atoms with E-state index in [1.807, 2.05) is 66.7 Å². The van der Waals surface area contributed by atoms with Gasteiger partial charge in [0.05, 0.1) is 7.11 Å². The Labute approximate surface area is 164 Å². The van der Waals surface area contributed by atoms with E-state index in [0.29, 0.717) is 12.8 Å². The Bertz CT molecular complexity index is 1080. The first-order chi connectivity index (χ1) is 13.7. The molecule has 140 valence electrons. The largest absolute Gasteiger partial charge is 0.497 e. The highest BCUT2D eigenvalue weighted by atomic mass is 16.5. The zero-order valence-corrected chi connectivity index (χ0v) is 15.7. The first kappa shape index (κ1) is 17.9. The van der Waals surface area contributed by atoms with Gasteiger partial charge in [0.1, 0.15) is 5.75 Å². The minimum Gasteiger partial charge on any atom is -0.497 e. The summed E-state index contributed by atoms with van der Waals surface area (Å²) in [5.74, 6) is 0.834. The number of hydrogen-bond donors (Lipinski definition) is 2. The molecule has 4 nitrogen and oxygen atoms in total. The van der Waals surface area contributed by atoms with Crippen molar-refractivity contribution in [3.05, 3.63) is 84.4 Å². The number of amides is 1. The third-order valence-corrected chi connectivity index (χ3v) is 4.85. The minimum absolute atomic E-state index is 0.0113. The standard InChI is InChI=1S/C24H22N2O2/c1-28-19-13-11-17(12-14-19)24-21(20-9-5-6-10-22(20)26-24)15-16-23(27)25-18-7-3-2-4-8-18/h2-14,26H,15-16H2,1H3,(H,25,27). The van der Waals surface area contributed by atoms with Crippen molar-refractivity contribution in [1.82, 2.24) is 4.98 Å². The average molecular weight is 370 g/mol. The number of H-pyrrole nitrogens is 1. The molecule has 0 radical (unpaired) electrons. The lowest BCUT2D eigenvalue weighted by Gasteiger charge is -2.08. The van der Waals surface area contributed by atoms with Crippen molar-refractivity contribution in [2.24, 2.45) is 0 Å². The van der Waals surface area contributed by atoms with E-state index >= 15 is 0 Å². The molecule has 1 heterocycles. The molecule has 1 aromatic heterocycles. The Hall–Kier alpha value is -3.53. The molecule has 4 rings (SSSR count). The lowest BCUT2D eigenvalue weighted by atomic mass is 10.0. The van der Waals surface area contributed by atoms with Gasteiger partial charge in [-0.15, -0.1) is 0 Å². The van der Waals surface area contributed by atoms with Crippen molar-refractivity contribution in [2.45, 2.75) is 12.8 Å². The third kappa shape index (κ3) is 3.76. The molecule has 0 saturated carbocycles. The number of aryl methyl sites for hydroxylation is 1. The lowest BCUT2D eigenvalue weighted by molar-refractivity contribution is -0.116. The first-order valence-corrected chi connectivity index (χ1v) is 9.33.